The fraction of sp³-hybridized carbons (Fsp3) is 0.474. The van der Waals surface area contributed by atoms with Crippen LogP contribution in [0, 0.1) is 13.8 Å². The van der Waals surface area contributed by atoms with Gasteiger partial charge in [0.15, 0.2) is 5.13 Å². The monoisotopic (exact) mass is 360 g/mol. The molecule has 136 valence electrons. The maximum Gasteiger partial charge on any atom is 0.257 e. The Bertz CT molecular complexity index is 684. The molecule has 1 aromatic carbocycles. The molecule has 2 aromatic rings. The summed E-state index contributed by atoms with van der Waals surface area (Å²) in [5.41, 5.74) is 8.19. The minimum Gasteiger partial charge on any atom is -0.385 e. The van der Waals surface area contributed by atoms with E-state index >= 15 is 0 Å². The Morgan fingerprint density at radius 1 is 1.16 bits per heavy atom. The van der Waals surface area contributed by atoms with Crippen molar-refractivity contribution in [3.05, 3.63) is 40.4 Å². The van der Waals surface area contributed by atoms with E-state index < -0.39 is 0 Å². The van der Waals surface area contributed by atoms with Crippen molar-refractivity contribution < 1.29 is 4.79 Å². The normalized spacial score (nSPS) is 10.7. The highest BCUT2D eigenvalue weighted by Gasteiger charge is 2.11. The fourth-order valence-corrected chi connectivity index (χ4v) is 3.30. The summed E-state index contributed by atoms with van der Waals surface area (Å²) in [7, 11) is 0. The molecular formula is C19H28N4OS. The summed E-state index contributed by atoms with van der Waals surface area (Å²) in [6.07, 6.45) is 7.72. The van der Waals surface area contributed by atoms with Gasteiger partial charge in [-0.1, -0.05) is 19.3 Å². The summed E-state index contributed by atoms with van der Waals surface area (Å²) < 4.78 is 0. The van der Waals surface area contributed by atoms with Crippen molar-refractivity contribution in [3.63, 3.8) is 0 Å². The number of benzene rings is 1. The second kappa shape index (κ2) is 10.2. The molecule has 5 nitrogen and oxygen atoms in total. The van der Waals surface area contributed by atoms with E-state index in [9.17, 15) is 4.79 Å². The van der Waals surface area contributed by atoms with E-state index in [-0.39, 0.29) is 5.91 Å². The minimum atomic E-state index is -0.113. The van der Waals surface area contributed by atoms with Gasteiger partial charge in [0, 0.05) is 28.9 Å². The number of hydrogen-bond acceptors (Lipinski definition) is 5. The lowest BCUT2D eigenvalue weighted by molar-refractivity contribution is 0.102. The third-order valence-electron chi connectivity index (χ3n) is 4.02. The number of anilines is 2. The van der Waals surface area contributed by atoms with Crippen molar-refractivity contribution in [2.75, 3.05) is 23.7 Å². The van der Waals surface area contributed by atoms with Crippen LogP contribution in [-0.4, -0.2) is 24.0 Å². The van der Waals surface area contributed by atoms with Crippen LogP contribution >= 0.6 is 11.3 Å². The predicted molar refractivity (Wildman–Crippen MR) is 107 cm³/mol. The second-order valence-electron chi connectivity index (χ2n) is 6.24. The summed E-state index contributed by atoms with van der Waals surface area (Å²) in [6, 6.07) is 5.86. The molecule has 1 aromatic heterocycles. The highest BCUT2D eigenvalue weighted by atomic mass is 32.1. The number of hydrogen-bond donors (Lipinski definition) is 3. The highest BCUT2D eigenvalue weighted by Crippen LogP contribution is 2.20. The molecular weight excluding hydrogens is 332 g/mol. The molecule has 25 heavy (non-hydrogen) atoms. The molecule has 0 aliphatic carbocycles. The molecule has 0 spiro atoms. The van der Waals surface area contributed by atoms with E-state index in [1.54, 1.807) is 6.20 Å². The van der Waals surface area contributed by atoms with Gasteiger partial charge in [-0.05, 0) is 57.0 Å². The molecule has 0 radical (unpaired) electrons. The van der Waals surface area contributed by atoms with Crippen molar-refractivity contribution in [3.8, 4) is 0 Å². The van der Waals surface area contributed by atoms with Gasteiger partial charge < -0.3 is 11.1 Å². The zero-order valence-electron chi connectivity index (χ0n) is 15.1. The third kappa shape index (κ3) is 6.48. The average Bonchev–Trinajstić information content (AvgIpc) is 2.99. The second-order valence-corrected chi connectivity index (χ2v) is 7.48. The van der Waals surface area contributed by atoms with E-state index in [0.717, 1.165) is 42.1 Å². The molecule has 2 rings (SSSR count). The number of carbonyl (C=O) groups excluding carboxylic acids is 1. The van der Waals surface area contributed by atoms with E-state index in [1.165, 1.54) is 30.6 Å². The summed E-state index contributed by atoms with van der Waals surface area (Å²) in [5.74, 6) is -0.113. The van der Waals surface area contributed by atoms with Crippen LogP contribution < -0.4 is 16.4 Å². The third-order valence-corrected chi connectivity index (χ3v) is 4.85. The van der Waals surface area contributed by atoms with Crippen molar-refractivity contribution in [2.24, 2.45) is 5.73 Å². The van der Waals surface area contributed by atoms with Crippen LogP contribution in [0.2, 0.25) is 0 Å². The average molecular weight is 361 g/mol. The maximum absolute atomic E-state index is 12.4. The van der Waals surface area contributed by atoms with Gasteiger partial charge in [0.1, 0.15) is 0 Å². The van der Waals surface area contributed by atoms with Gasteiger partial charge in [-0.2, -0.15) is 0 Å². The topological polar surface area (TPSA) is 80.0 Å². The first-order chi connectivity index (χ1) is 12.1. The summed E-state index contributed by atoms with van der Waals surface area (Å²) in [6.45, 7) is 5.67. The number of aromatic nitrogens is 1. The number of carbonyl (C=O) groups is 1. The number of nitrogens with one attached hydrogen (secondary N) is 2. The Morgan fingerprint density at radius 2 is 1.92 bits per heavy atom. The highest BCUT2D eigenvalue weighted by molar-refractivity contribution is 7.15. The zero-order chi connectivity index (χ0) is 18.1. The first-order valence-electron chi connectivity index (χ1n) is 8.88. The first-order valence-corrected chi connectivity index (χ1v) is 9.70. The van der Waals surface area contributed by atoms with Crippen molar-refractivity contribution in [1.82, 2.24) is 4.98 Å². The molecule has 0 unspecified atom stereocenters. The molecule has 0 bridgehead atoms. The van der Waals surface area contributed by atoms with Crippen molar-refractivity contribution >= 4 is 28.1 Å². The Labute approximate surface area is 154 Å². The van der Waals surface area contributed by atoms with Crippen LogP contribution in [0.3, 0.4) is 0 Å². The lowest BCUT2D eigenvalue weighted by Gasteiger charge is -2.10. The number of nitrogens with zero attached hydrogens (tertiary/aromatic N) is 1. The van der Waals surface area contributed by atoms with E-state index in [1.807, 2.05) is 32.0 Å². The van der Waals surface area contributed by atoms with Gasteiger partial charge in [0.2, 0.25) is 0 Å². The molecule has 4 N–H and O–H groups in total. The number of nitrogens with two attached hydrogens (primary N) is 1. The first kappa shape index (κ1) is 19.4. The number of aryl methyl sites for hydroxylation is 2. The molecule has 0 aliphatic heterocycles. The molecule has 0 atom stereocenters. The lowest BCUT2D eigenvalue weighted by Crippen LogP contribution is -2.13. The molecule has 0 aliphatic rings. The standard InChI is InChI=1S/C19H28N4OS/c1-14-12-16(21-11-7-5-3-4-6-10-20)8-9-17(14)18(24)23-19-22-13-15(2)25-19/h8-9,12-13,21H,3-7,10-11,20H2,1-2H3,(H,22,23,24). The van der Waals surface area contributed by atoms with Gasteiger partial charge in [-0.15, -0.1) is 11.3 Å². The van der Waals surface area contributed by atoms with Crippen LogP contribution in [0.4, 0.5) is 10.8 Å². The zero-order valence-corrected chi connectivity index (χ0v) is 15.9. The Kier molecular flexibility index (Phi) is 7.88. The van der Waals surface area contributed by atoms with Gasteiger partial charge in [0.05, 0.1) is 0 Å². The number of amides is 1. The van der Waals surface area contributed by atoms with E-state index in [2.05, 4.69) is 15.6 Å². The Hall–Kier alpha value is -1.92. The molecule has 6 heteroatoms. The summed E-state index contributed by atoms with van der Waals surface area (Å²) in [4.78, 5) is 17.6. The van der Waals surface area contributed by atoms with Crippen LogP contribution in [0.1, 0.15) is 52.9 Å². The Morgan fingerprint density at radius 3 is 2.60 bits per heavy atom. The molecule has 0 saturated carbocycles. The van der Waals surface area contributed by atoms with Gasteiger partial charge in [0.25, 0.3) is 5.91 Å². The number of rotatable bonds is 10. The van der Waals surface area contributed by atoms with Crippen LogP contribution in [-0.2, 0) is 0 Å². The van der Waals surface area contributed by atoms with Crippen LogP contribution in [0.15, 0.2) is 24.4 Å². The van der Waals surface area contributed by atoms with E-state index in [0.29, 0.717) is 10.7 Å². The lowest BCUT2D eigenvalue weighted by atomic mass is 10.1. The molecule has 0 fully saturated rings. The van der Waals surface area contributed by atoms with Crippen LogP contribution in [0.25, 0.3) is 0 Å². The van der Waals surface area contributed by atoms with Crippen molar-refractivity contribution in [2.45, 2.75) is 46.0 Å². The number of thiazole rings is 1. The predicted octanol–water partition coefficient (Wildman–Crippen LogP) is 4.33. The quantitative estimate of drug-likeness (QED) is 0.551. The fourth-order valence-electron chi connectivity index (χ4n) is 2.64. The van der Waals surface area contributed by atoms with Gasteiger partial charge >= 0.3 is 0 Å². The van der Waals surface area contributed by atoms with Gasteiger partial charge in [-0.3, -0.25) is 10.1 Å². The Balaban J connectivity index is 1.80. The SMILES string of the molecule is Cc1cnc(NC(=O)c2ccc(NCCCCCCCN)cc2C)s1. The minimum absolute atomic E-state index is 0.113. The smallest absolute Gasteiger partial charge is 0.257 e. The summed E-state index contributed by atoms with van der Waals surface area (Å²) >= 11 is 1.48. The largest absolute Gasteiger partial charge is 0.385 e. The van der Waals surface area contributed by atoms with E-state index in [4.69, 9.17) is 5.73 Å². The maximum atomic E-state index is 12.4. The van der Waals surface area contributed by atoms with Crippen LogP contribution in [0.5, 0.6) is 0 Å². The van der Waals surface area contributed by atoms with Crippen molar-refractivity contribution in [1.29, 1.82) is 0 Å². The molecule has 1 amide bonds. The summed E-state index contributed by atoms with van der Waals surface area (Å²) in [5, 5.41) is 6.92. The number of unbranched alkanes of at least 4 members (excludes halogenated alkanes) is 4. The van der Waals surface area contributed by atoms with Gasteiger partial charge in [-0.25, -0.2) is 4.98 Å². The molecule has 0 saturated heterocycles. The molecule has 1 heterocycles.